The van der Waals surface area contributed by atoms with E-state index in [1.807, 2.05) is 0 Å². The molecule has 16 heavy (non-hydrogen) atoms. The minimum Gasteiger partial charge on any atom is -0.465 e. The molecule has 1 saturated carbocycles. The summed E-state index contributed by atoms with van der Waals surface area (Å²) in [6.45, 7) is -0.565. The van der Waals surface area contributed by atoms with E-state index in [2.05, 4.69) is 0 Å². The van der Waals surface area contributed by atoms with Crippen molar-refractivity contribution in [2.24, 2.45) is 11.8 Å². The van der Waals surface area contributed by atoms with Crippen LogP contribution in [0.25, 0.3) is 0 Å². The highest BCUT2D eigenvalue weighted by Gasteiger charge is 2.61. The van der Waals surface area contributed by atoms with Crippen molar-refractivity contribution in [3.63, 3.8) is 0 Å². The number of aliphatic hydroxyl groups excluding tert-OH is 2. The van der Waals surface area contributed by atoms with Gasteiger partial charge in [0.15, 0.2) is 0 Å². The van der Waals surface area contributed by atoms with E-state index in [9.17, 15) is 20.1 Å². The van der Waals surface area contributed by atoms with Crippen LogP contribution in [-0.4, -0.2) is 59.4 Å². The summed E-state index contributed by atoms with van der Waals surface area (Å²) in [5.74, 6) is -1.15. The maximum absolute atomic E-state index is 11.2. The number of esters is 1. The molecule has 0 bridgehead atoms. The van der Waals surface area contributed by atoms with Gasteiger partial charge in [-0.25, -0.2) is 0 Å². The van der Waals surface area contributed by atoms with Crippen molar-refractivity contribution in [1.29, 1.82) is 0 Å². The first-order valence-corrected chi connectivity index (χ1v) is 5.24. The summed E-state index contributed by atoms with van der Waals surface area (Å²) in [6.07, 6.45) is -1.75. The molecule has 0 aromatic rings. The molecule has 2 aliphatic rings. The number of methoxy groups -OCH3 is 1. The Kier molecular flexibility index (Phi) is 2.91. The summed E-state index contributed by atoms with van der Waals surface area (Å²) in [7, 11) is 1.41. The first kappa shape index (κ1) is 11.8. The maximum atomic E-state index is 11.2. The molecule has 0 unspecified atom stereocenters. The predicted octanol–water partition coefficient (Wildman–Crippen LogP) is -1.72. The molecular weight excluding hydrogens is 216 g/mol. The zero-order valence-corrected chi connectivity index (χ0v) is 9.00. The van der Waals surface area contributed by atoms with Crippen LogP contribution in [-0.2, 0) is 14.3 Å². The van der Waals surface area contributed by atoms with Crippen LogP contribution >= 0.6 is 0 Å². The summed E-state index contributed by atoms with van der Waals surface area (Å²) in [5, 5.41) is 29.3. The topological polar surface area (TPSA) is 96.2 Å². The number of cyclic esters (lactones) is 1. The third-order valence-electron chi connectivity index (χ3n) is 3.76. The minimum atomic E-state index is -1.65. The number of aliphatic hydroxyl groups is 3. The van der Waals surface area contributed by atoms with Crippen LogP contribution in [0.4, 0.5) is 0 Å². The van der Waals surface area contributed by atoms with E-state index in [0.717, 1.165) is 0 Å². The van der Waals surface area contributed by atoms with Gasteiger partial charge in [-0.05, 0) is 0 Å². The summed E-state index contributed by atoms with van der Waals surface area (Å²) < 4.78 is 9.96. The van der Waals surface area contributed by atoms with E-state index in [1.54, 1.807) is 0 Å². The zero-order valence-electron chi connectivity index (χ0n) is 9.00. The second-order valence-electron chi connectivity index (χ2n) is 4.45. The molecule has 0 amide bonds. The Morgan fingerprint density at radius 2 is 2.31 bits per heavy atom. The van der Waals surface area contributed by atoms with Crippen molar-refractivity contribution in [2.45, 2.75) is 24.2 Å². The SMILES string of the molecule is CO[C@@H]1[C@@H]2CC(=O)OC[C@@H]2[C@@](O)(CO)[C@H]1O. The molecule has 0 radical (unpaired) electrons. The molecule has 6 heteroatoms. The quantitative estimate of drug-likeness (QED) is 0.490. The lowest BCUT2D eigenvalue weighted by Gasteiger charge is -2.33. The van der Waals surface area contributed by atoms with Crippen LogP contribution in [0.15, 0.2) is 0 Å². The second-order valence-corrected chi connectivity index (χ2v) is 4.45. The van der Waals surface area contributed by atoms with Gasteiger partial charge < -0.3 is 24.8 Å². The Morgan fingerprint density at radius 3 is 2.88 bits per heavy atom. The number of ether oxygens (including phenoxy) is 2. The molecule has 1 heterocycles. The molecule has 5 atom stereocenters. The zero-order chi connectivity index (χ0) is 11.9. The van der Waals surface area contributed by atoms with Gasteiger partial charge in [0.05, 0.1) is 25.7 Å². The Labute approximate surface area is 92.8 Å². The van der Waals surface area contributed by atoms with Gasteiger partial charge in [0.25, 0.3) is 0 Å². The van der Waals surface area contributed by atoms with Gasteiger partial charge in [-0.2, -0.15) is 0 Å². The standard InChI is InChI=1S/C10H16O6/c1-15-8-5-2-7(12)16-3-6(5)10(14,4-11)9(8)13/h5-6,8-9,11,13-14H,2-4H2,1H3/t5-,6+,8-,9+,10+/m1/s1. The summed E-state index contributed by atoms with van der Waals surface area (Å²) in [6, 6.07) is 0. The van der Waals surface area contributed by atoms with Crippen LogP contribution in [0.5, 0.6) is 0 Å². The van der Waals surface area contributed by atoms with Crippen molar-refractivity contribution >= 4 is 5.97 Å². The molecular formula is C10H16O6. The Balaban J connectivity index is 2.30. The molecule has 92 valence electrons. The van der Waals surface area contributed by atoms with Crippen molar-refractivity contribution in [3.8, 4) is 0 Å². The Hall–Kier alpha value is -0.690. The van der Waals surface area contributed by atoms with E-state index in [4.69, 9.17) is 9.47 Å². The molecule has 0 aromatic heterocycles. The van der Waals surface area contributed by atoms with Gasteiger partial charge in [0.1, 0.15) is 11.7 Å². The largest absolute Gasteiger partial charge is 0.465 e. The predicted molar refractivity (Wildman–Crippen MR) is 51.4 cm³/mol. The minimum absolute atomic E-state index is 0.0114. The lowest BCUT2D eigenvalue weighted by Crippen LogP contribution is -2.51. The summed E-state index contributed by atoms with van der Waals surface area (Å²) in [4.78, 5) is 11.2. The second kappa shape index (κ2) is 3.96. The van der Waals surface area contributed by atoms with Crippen LogP contribution in [0, 0.1) is 11.8 Å². The summed E-state index contributed by atoms with van der Waals surface area (Å²) in [5.41, 5.74) is -1.65. The number of hydrogen-bond donors (Lipinski definition) is 3. The van der Waals surface area contributed by atoms with Crippen LogP contribution in [0.3, 0.4) is 0 Å². The van der Waals surface area contributed by atoms with Crippen molar-refractivity contribution in [3.05, 3.63) is 0 Å². The van der Waals surface area contributed by atoms with Gasteiger partial charge in [-0.15, -0.1) is 0 Å². The third kappa shape index (κ3) is 1.45. The van der Waals surface area contributed by atoms with E-state index in [0.29, 0.717) is 0 Å². The molecule has 1 aliphatic heterocycles. The number of rotatable bonds is 2. The fourth-order valence-corrected chi connectivity index (χ4v) is 2.81. The van der Waals surface area contributed by atoms with Crippen molar-refractivity contribution < 1.29 is 29.6 Å². The van der Waals surface area contributed by atoms with Gasteiger partial charge >= 0.3 is 5.97 Å². The molecule has 1 aliphatic carbocycles. The lowest BCUT2D eigenvalue weighted by molar-refractivity contribution is -0.165. The van der Waals surface area contributed by atoms with Crippen molar-refractivity contribution in [2.75, 3.05) is 20.3 Å². The molecule has 2 rings (SSSR count). The highest BCUT2D eigenvalue weighted by atomic mass is 16.5. The highest BCUT2D eigenvalue weighted by Crippen LogP contribution is 2.45. The lowest BCUT2D eigenvalue weighted by atomic mass is 9.83. The normalized spacial score (nSPS) is 47.6. The van der Waals surface area contributed by atoms with Gasteiger partial charge in [0.2, 0.25) is 0 Å². The first-order chi connectivity index (χ1) is 7.54. The molecule has 2 fully saturated rings. The van der Waals surface area contributed by atoms with E-state index in [1.165, 1.54) is 7.11 Å². The maximum Gasteiger partial charge on any atom is 0.306 e. The number of carbonyl (C=O) groups excluding carboxylic acids is 1. The van der Waals surface area contributed by atoms with Gasteiger partial charge in [-0.3, -0.25) is 4.79 Å². The fraction of sp³-hybridized carbons (Fsp3) is 0.900. The third-order valence-corrected chi connectivity index (χ3v) is 3.76. The molecule has 0 spiro atoms. The van der Waals surface area contributed by atoms with E-state index in [-0.39, 0.29) is 24.9 Å². The average molecular weight is 232 g/mol. The van der Waals surface area contributed by atoms with Gasteiger partial charge in [-0.1, -0.05) is 0 Å². The Morgan fingerprint density at radius 1 is 1.62 bits per heavy atom. The van der Waals surface area contributed by atoms with Gasteiger partial charge in [0, 0.05) is 18.9 Å². The number of carbonyl (C=O) groups is 1. The van der Waals surface area contributed by atoms with Crippen LogP contribution < -0.4 is 0 Å². The first-order valence-electron chi connectivity index (χ1n) is 5.24. The number of hydrogen-bond acceptors (Lipinski definition) is 6. The molecule has 3 N–H and O–H groups in total. The molecule has 0 aromatic carbocycles. The highest BCUT2D eigenvalue weighted by molar-refractivity contribution is 5.71. The van der Waals surface area contributed by atoms with Crippen LogP contribution in [0.2, 0.25) is 0 Å². The average Bonchev–Trinajstić information content (AvgIpc) is 2.48. The Bertz CT molecular complexity index is 293. The molecule has 6 nitrogen and oxygen atoms in total. The monoisotopic (exact) mass is 232 g/mol. The fourth-order valence-electron chi connectivity index (χ4n) is 2.81. The van der Waals surface area contributed by atoms with Crippen LogP contribution in [0.1, 0.15) is 6.42 Å². The smallest absolute Gasteiger partial charge is 0.306 e. The molecule has 1 saturated heterocycles. The van der Waals surface area contributed by atoms with Crippen molar-refractivity contribution in [1.82, 2.24) is 0 Å². The summed E-state index contributed by atoms with van der Waals surface area (Å²) >= 11 is 0. The number of fused-ring (bicyclic) bond motifs is 1. The van der Waals surface area contributed by atoms with E-state index >= 15 is 0 Å². The van der Waals surface area contributed by atoms with E-state index < -0.39 is 30.3 Å².